The molecule has 0 aromatic carbocycles. The van der Waals surface area contributed by atoms with Gasteiger partial charge < -0.3 is 5.11 Å². The van der Waals surface area contributed by atoms with E-state index in [2.05, 4.69) is 4.90 Å². The van der Waals surface area contributed by atoms with Crippen molar-refractivity contribution in [2.75, 3.05) is 13.1 Å². The molecule has 100 valence electrons. The van der Waals surface area contributed by atoms with Gasteiger partial charge in [0.25, 0.3) is 0 Å². The molecule has 1 aliphatic heterocycles. The smallest absolute Gasteiger partial charge is 0.189 e. The molecule has 3 unspecified atom stereocenters. The number of rotatable bonds is 4. The number of hydrogen-bond donors (Lipinski definition) is 1. The van der Waals surface area contributed by atoms with E-state index in [-0.39, 0.29) is 23.8 Å². The molecular weight excluding hydrogens is 270 g/mol. The Morgan fingerprint density at radius 2 is 2.28 bits per heavy atom. The second-order valence-electron chi connectivity index (χ2n) is 4.93. The standard InChI is InChI=1S/C13H18ClNO2S/c1-8(13(17)11-3-4-12(14)18-11)15-6-5-10(7-15)9(2)16/h3-4,8-10,16H,5-7H2,1-2H3. The Morgan fingerprint density at radius 3 is 2.78 bits per heavy atom. The molecule has 3 atom stereocenters. The maximum absolute atomic E-state index is 12.3. The average molecular weight is 288 g/mol. The van der Waals surface area contributed by atoms with Crippen LogP contribution in [-0.2, 0) is 0 Å². The predicted molar refractivity (Wildman–Crippen MR) is 74.5 cm³/mol. The number of nitrogens with zero attached hydrogens (tertiary/aromatic N) is 1. The van der Waals surface area contributed by atoms with E-state index < -0.39 is 0 Å². The Bertz CT molecular complexity index is 432. The van der Waals surface area contributed by atoms with Crippen LogP contribution in [0.2, 0.25) is 4.34 Å². The van der Waals surface area contributed by atoms with Gasteiger partial charge in [0.15, 0.2) is 5.78 Å². The fourth-order valence-electron chi connectivity index (χ4n) is 2.38. The van der Waals surface area contributed by atoms with E-state index in [0.29, 0.717) is 9.21 Å². The van der Waals surface area contributed by atoms with Crippen LogP contribution in [-0.4, -0.2) is 41.0 Å². The number of Topliss-reactive ketones (excluding diaryl/α,β-unsaturated/α-hetero) is 1. The molecule has 18 heavy (non-hydrogen) atoms. The summed E-state index contributed by atoms with van der Waals surface area (Å²) in [6, 6.07) is 3.41. The molecule has 1 aliphatic rings. The van der Waals surface area contributed by atoms with E-state index in [1.807, 2.05) is 13.8 Å². The lowest BCUT2D eigenvalue weighted by Crippen LogP contribution is -2.37. The summed E-state index contributed by atoms with van der Waals surface area (Å²) >= 11 is 7.18. The maximum atomic E-state index is 12.3. The van der Waals surface area contributed by atoms with Gasteiger partial charge in [0.1, 0.15) is 0 Å². The number of aliphatic hydroxyl groups is 1. The van der Waals surface area contributed by atoms with E-state index in [9.17, 15) is 9.90 Å². The zero-order chi connectivity index (χ0) is 13.3. The van der Waals surface area contributed by atoms with Crippen LogP contribution in [0.25, 0.3) is 0 Å². The zero-order valence-corrected chi connectivity index (χ0v) is 12.2. The van der Waals surface area contributed by atoms with Crippen molar-refractivity contribution in [3.05, 3.63) is 21.3 Å². The molecule has 1 N–H and O–H groups in total. The highest BCUT2D eigenvalue weighted by molar-refractivity contribution is 7.18. The molecule has 0 amide bonds. The lowest BCUT2D eigenvalue weighted by Gasteiger charge is -2.23. The second kappa shape index (κ2) is 5.70. The molecule has 1 aromatic rings. The first kappa shape index (κ1) is 14.0. The molecule has 1 saturated heterocycles. The third kappa shape index (κ3) is 2.94. The van der Waals surface area contributed by atoms with Crippen LogP contribution in [0.5, 0.6) is 0 Å². The molecule has 5 heteroatoms. The minimum atomic E-state index is -0.298. The monoisotopic (exact) mass is 287 g/mol. The Hall–Kier alpha value is -0.420. The van der Waals surface area contributed by atoms with Gasteiger partial charge in [0.05, 0.1) is 21.4 Å². The van der Waals surface area contributed by atoms with Crippen LogP contribution >= 0.6 is 22.9 Å². The minimum Gasteiger partial charge on any atom is -0.393 e. The molecule has 0 aliphatic carbocycles. The van der Waals surface area contributed by atoms with Gasteiger partial charge in [-0.15, -0.1) is 11.3 Å². The van der Waals surface area contributed by atoms with E-state index in [0.717, 1.165) is 19.5 Å². The molecule has 1 fully saturated rings. The van der Waals surface area contributed by atoms with Crippen LogP contribution in [0.3, 0.4) is 0 Å². The van der Waals surface area contributed by atoms with E-state index in [1.54, 1.807) is 12.1 Å². The van der Waals surface area contributed by atoms with E-state index in [4.69, 9.17) is 11.6 Å². The van der Waals surface area contributed by atoms with Crippen LogP contribution in [0, 0.1) is 5.92 Å². The summed E-state index contributed by atoms with van der Waals surface area (Å²) in [4.78, 5) is 15.1. The minimum absolute atomic E-state index is 0.123. The molecular formula is C13H18ClNO2S. The van der Waals surface area contributed by atoms with Gasteiger partial charge >= 0.3 is 0 Å². The Kier molecular flexibility index (Phi) is 4.43. The molecule has 2 heterocycles. The highest BCUT2D eigenvalue weighted by Gasteiger charge is 2.32. The van der Waals surface area contributed by atoms with Crippen molar-refractivity contribution >= 4 is 28.7 Å². The van der Waals surface area contributed by atoms with Gasteiger partial charge in [-0.25, -0.2) is 0 Å². The van der Waals surface area contributed by atoms with Crippen molar-refractivity contribution in [2.24, 2.45) is 5.92 Å². The first-order chi connectivity index (χ1) is 8.49. The molecule has 0 spiro atoms. The van der Waals surface area contributed by atoms with Crippen molar-refractivity contribution in [3.63, 3.8) is 0 Å². The normalized spacial score (nSPS) is 24.1. The molecule has 3 nitrogen and oxygen atoms in total. The van der Waals surface area contributed by atoms with Crippen molar-refractivity contribution < 1.29 is 9.90 Å². The number of thiophene rings is 1. The number of likely N-dealkylation sites (tertiary alicyclic amines) is 1. The maximum Gasteiger partial charge on any atom is 0.189 e. The fourth-order valence-corrected chi connectivity index (χ4v) is 3.45. The average Bonchev–Trinajstić information content (AvgIpc) is 2.95. The number of aliphatic hydroxyl groups excluding tert-OH is 1. The number of carbonyl (C=O) groups excluding carboxylic acids is 1. The van der Waals surface area contributed by atoms with Gasteiger partial charge in [-0.1, -0.05) is 11.6 Å². The van der Waals surface area contributed by atoms with Gasteiger partial charge in [-0.05, 0) is 44.9 Å². The fraction of sp³-hybridized carbons (Fsp3) is 0.615. The van der Waals surface area contributed by atoms with E-state index >= 15 is 0 Å². The Labute approximate surface area is 116 Å². The molecule has 0 radical (unpaired) electrons. The quantitative estimate of drug-likeness (QED) is 0.866. The summed E-state index contributed by atoms with van der Waals surface area (Å²) in [5, 5.41) is 9.58. The SMILES string of the molecule is CC(O)C1CCN(C(C)C(=O)c2ccc(Cl)s2)C1. The third-order valence-corrected chi connectivity index (χ3v) is 4.93. The summed E-state index contributed by atoms with van der Waals surface area (Å²) in [5.74, 6) is 0.408. The molecule has 2 rings (SSSR count). The predicted octanol–water partition coefficient (Wildman–Crippen LogP) is 2.68. The second-order valence-corrected chi connectivity index (χ2v) is 6.64. The van der Waals surface area contributed by atoms with Crippen molar-refractivity contribution in [1.82, 2.24) is 4.90 Å². The molecule has 0 saturated carbocycles. The van der Waals surface area contributed by atoms with Crippen molar-refractivity contribution in [3.8, 4) is 0 Å². The Balaban J connectivity index is 2.00. The summed E-state index contributed by atoms with van der Waals surface area (Å²) in [6.45, 7) is 5.42. The Morgan fingerprint density at radius 1 is 1.56 bits per heavy atom. The van der Waals surface area contributed by atoms with Crippen LogP contribution in [0.4, 0.5) is 0 Å². The largest absolute Gasteiger partial charge is 0.393 e. The number of hydrogen-bond acceptors (Lipinski definition) is 4. The van der Waals surface area contributed by atoms with Gasteiger partial charge in [0, 0.05) is 6.54 Å². The first-order valence-electron chi connectivity index (χ1n) is 6.20. The summed E-state index contributed by atoms with van der Waals surface area (Å²) in [7, 11) is 0. The van der Waals surface area contributed by atoms with Crippen molar-refractivity contribution in [1.29, 1.82) is 0 Å². The highest BCUT2D eigenvalue weighted by atomic mass is 35.5. The van der Waals surface area contributed by atoms with Gasteiger partial charge in [0.2, 0.25) is 0 Å². The lowest BCUT2D eigenvalue weighted by molar-refractivity contribution is 0.0840. The summed E-state index contributed by atoms with van der Waals surface area (Å²) in [6.07, 6.45) is 0.661. The molecule has 0 bridgehead atoms. The molecule has 1 aromatic heterocycles. The van der Waals surface area contributed by atoms with E-state index in [1.165, 1.54) is 11.3 Å². The third-order valence-electron chi connectivity index (χ3n) is 3.68. The number of halogens is 1. The zero-order valence-electron chi connectivity index (χ0n) is 10.6. The van der Waals surface area contributed by atoms with Crippen LogP contribution in [0.15, 0.2) is 12.1 Å². The number of carbonyl (C=O) groups is 1. The van der Waals surface area contributed by atoms with Crippen LogP contribution < -0.4 is 0 Å². The first-order valence-corrected chi connectivity index (χ1v) is 7.40. The van der Waals surface area contributed by atoms with Gasteiger partial charge in [-0.2, -0.15) is 0 Å². The summed E-state index contributed by atoms with van der Waals surface area (Å²) in [5.41, 5.74) is 0. The lowest BCUT2D eigenvalue weighted by atomic mass is 10.0. The van der Waals surface area contributed by atoms with Crippen LogP contribution in [0.1, 0.15) is 29.9 Å². The highest BCUT2D eigenvalue weighted by Crippen LogP contribution is 2.26. The summed E-state index contributed by atoms with van der Waals surface area (Å²) < 4.78 is 0.647. The van der Waals surface area contributed by atoms with Crippen molar-refractivity contribution in [2.45, 2.75) is 32.4 Å². The van der Waals surface area contributed by atoms with Gasteiger partial charge in [-0.3, -0.25) is 9.69 Å². The number of ketones is 1. The topological polar surface area (TPSA) is 40.5 Å².